The summed E-state index contributed by atoms with van der Waals surface area (Å²) < 4.78 is 29.0. The summed E-state index contributed by atoms with van der Waals surface area (Å²) in [4.78, 5) is 58.2. The van der Waals surface area contributed by atoms with Gasteiger partial charge in [-0.2, -0.15) is 6.42 Å². The smallest absolute Gasteiger partial charge is 0.461 e. The van der Waals surface area contributed by atoms with E-state index in [4.69, 9.17) is 69.5 Å². The molecule has 3 unspecified atom stereocenters. The van der Waals surface area contributed by atoms with Crippen LogP contribution in [0.3, 0.4) is 0 Å². The average Bonchev–Trinajstić information content (AvgIpc) is 1.73. The number of aldehydes is 2. The van der Waals surface area contributed by atoms with E-state index in [0.29, 0.717) is 38.7 Å². The van der Waals surface area contributed by atoms with Crippen LogP contribution in [-0.2, 0) is 23.1 Å². The van der Waals surface area contributed by atoms with Gasteiger partial charge < -0.3 is 35.1 Å². The summed E-state index contributed by atoms with van der Waals surface area (Å²) in [5.41, 5.74) is 13.3. The van der Waals surface area contributed by atoms with Crippen LogP contribution in [0.4, 0.5) is 0 Å². The molecule has 0 amide bonds. The molecule has 558 valence electrons. The number of benzene rings is 4. The zero-order chi connectivity index (χ0) is 76.2. The molecule has 2 aliphatic rings. The summed E-state index contributed by atoms with van der Waals surface area (Å²) in [5, 5.41) is 13.6. The van der Waals surface area contributed by atoms with Gasteiger partial charge in [-0.1, -0.05) is 160 Å². The third kappa shape index (κ3) is 34.6. The van der Waals surface area contributed by atoms with Crippen LogP contribution in [0.1, 0.15) is 201 Å². The summed E-state index contributed by atoms with van der Waals surface area (Å²) in [6, 6.07) is 30.3. The first-order valence-corrected chi connectivity index (χ1v) is 45.9. The number of carbonyl (C=O) groups is 3. The van der Waals surface area contributed by atoms with E-state index in [1.54, 1.807) is 46.9 Å². The minimum absolute atomic E-state index is 0. The van der Waals surface area contributed by atoms with Crippen LogP contribution in [0.2, 0.25) is 56.4 Å². The van der Waals surface area contributed by atoms with Gasteiger partial charge in [0, 0.05) is 75.4 Å². The second kappa shape index (κ2) is 49.4. The van der Waals surface area contributed by atoms with Crippen molar-refractivity contribution in [3.05, 3.63) is 225 Å². The number of aromatic nitrogens is 5. The molecule has 1 N–H and O–H groups in total. The minimum atomic E-state index is -2.04. The third-order valence-electron chi connectivity index (χ3n) is 16.1. The van der Waals surface area contributed by atoms with E-state index in [9.17, 15) is 19.5 Å². The number of rotatable bonds is 15. The van der Waals surface area contributed by atoms with E-state index >= 15 is 0 Å². The molecule has 2 saturated heterocycles. The molecule has 7 heterocycles. The molecule has 2 fully saturated rings. The fraction of sp³-hybridized carbons (Fsp3) is 0.434. The molecule has 14 nitrogen and oxygen atoms in total. The van der Waals surface area contributed by atoms with Gasteiger partial charge in [0.1, 0.15) is 24.0 Å². The molecule has 5 aromatic heterocycles. The molecule has 2 aliphatic heterocycles. The first-order valence-electron chi connectivity index (χ1n) is 33.5. The van der Waals surface area contributed by atoms with E-state index in [0.717, 1.165) is 108 Å². The topological polar surface area (TPSA) is 182 Å². The number of hydrogen-bond acceptors (Lipinski definition) is 19. The van der Waals surface area contributed by atoms with Crippen molar-refractivity contribution in [3.8, 4) is 0 Å². The van der Waals surface area contributed by atoms with Gasteiger partial charge in [-0.3, -0.25) is 9.59 Å². The summed E-state index contributed by atoms with van der Waals surface area (Å²) in [7, 11) is -3.97. The van der Waals surface area contributed by atoms with Crippen LogP contribution < -0.4 is 18.9 Å². The Bertz CT molecular complexity index is 3850. The van der Waals surface area contributed by atoms with Gasteiger partial charge >= 0.3 is 24.8 Å². The zero-order valence-electron chi connectivity index (χ0n) is 62.8. The Morgan fingerprint density at radius 3 is 1.29 bits per heavy atom. The number of carbonyl (C=O) groups excluding carboxylic acids is 3. The predicted molar refractivity (Wildman–Crippen MR) is 439 cm³/mol. The van der Waals surface area contributed by atoms with Crippen molar-refractivity contribution in [1.29, 1.82) is 0 Å². The van der Waals surface area contributed by atoms with Crippen molar-refractivity contribution in [2.45, 2.75) is 183 Å². The monoisotopic (exact) mass is 1670 g/mol. The number of aliphatic hydroxyl groups excluding tert-OH is 1. The quantitative estimate of drug-likeness (QED) is 0.0443. The largest absolute Gasteiger partial charge is 1.00 e. The predicted octanol–water partition coefficient (Wildman–Crippen LogP) is 21.6. The van der Waals surface area contributed by atoms with Gasteiger partial charge in [0.25, 0.3) is 0 Å². The number of aryl methyl sites for hydroxylation is 5. The van der Waals surface area contributed by atoms with Crippen molar-refractivity contribution < 1.29 is 61.4 Å². The summed E-state index contributed by atoms with van der Waals surface area (Å²) in [6.07, 6.45) is 7.81. The van der Waals surface area contributed by atoms with E-state index in [-0.39, 0.29) is 47.1 Å². The van der Waals surface area contributed by atoms with Crippen LogP contribution in [0, 0.1) is 41.5 Å². The fourth-order valence-electron chi connectivity index (χ4n) is 8.15. The maximum Gasteiger partial charge on any atom is 1.00 e. The van der Waals surface area contributed by atoms with Crippen molar-refractivity contribution in [2.24, 2.45) is 0 Å². The minimum Gasteiger partial charge on any atom is -0.461 e. The van der Waals surface area contributed by atoms with Crippen LogP contribution in [0.5, 0.6) is 0 Å². The standard InChI is InChI=1S/C18H24ClNO2SSi.C17H24ClNOSSi.C11H10ClNOS.C7H9NO2S.C6H4BrCl.C5H5NOS.2C4H8O.C4H9.Li/c1-12-16(20-15(11-21)23-12)17(13-8-7-9-14(19)10-13)22-24(5,6)18(2,3)4;1-12-15(19-11-21-12)16(13-8-7-9-14(18)10-13)20-22(5,6)17(2,3)4;1-7-10(13-6-15-7)11(14)8-3-2-4-9(12)5-8;1-3-10-7(9)6-5(2)11-4-8-6;7-5-2-1-3-6(8)4-5;1-4-5(2-7)6-3-8-4;2*1-2-4-5-3-1;1-3-4-2;/h7-11,17H,1-6H3;7-11,16H,1-6H3;2-6,11,14H,1H3;4H,3H2,1-2H3;1-4H;2-3H,1H3;2*1-4H2;1,3-4H2,2H3;/q;;;;;;;;-1;+1. The molecule has 0 saturated carbocycles. The van der Waals surface area contributed by atoms with Crippen LogP contribution in [0.25, 0.3) is 0 Å². The Morgan fingerprint density at radius 2 is 0.981 bits per heavy atom. The molecule has 27 heteroatoms. The normalized spacial score (nSPS) is 13.2. The Hall–Kier alpha value is -3.69. The van der Waals surface area contributed by atoms with Gasteiger partial charge in [-0.15, -0.1) is 56.7 Å². The number of ether oxygens (including phenoxy) is 3. The number of esters is 1. The molecule has 0 radical (unpaired) electrons. The molecule has 9 aromatic rings. The van der Waals surface area contributed by atoms with Gasteiger partial charge in [-0.05, 0) is 175 Å². The van der Waals surface area contributed by atoms with Crippen molar-refractivity contribution in [3.63, 3.8) is 0 Å². The Kier molecular flexibility index (Phi) is 45.7. The molecule has 0 spiro atoms. The van der Waals surface area contributed by atoms with Gasteiger partial charge in [0.15, 0.2) is 39.9 Å². The summed E-state index contributed by atoms with van der Waals surface area (Å²) in [6.45, 7) is 44.0. The van der Waals surface area contributed by atoms with E-state index in [1.165, 1.54) is 82.3 Å². The molecule has 4 aromatic carbocycles. The number of unbranched alkanes of at least 4 members (excludes halogenated alkanes) is 1. The molecular formula is C76H101BrCl4LiN5O9S5Si2. The third-order valence-corrected chi connectivity index (χ3v) is 30.4. The second-order valence-electron chi connectivity index (χ2n) is 26.1. The van der Waals surface area contributed by atoms with Crippen LogP contribution in [-0.4, -0.2) is 98.2 Å². The molecule has 11 rings (SSSR count). The maximum absolute atomic E-state index is 11.1. The zero-order valence-corrected chi connectivity index (χ0v) is 73.5. The first-order chi connectivity index (χ1) is 48.1. The van der Waals surface area contributed by atoms with Crippen molar-refractivity contribution >= 4 is 154 Å². The van der Waals surface area contributed by atoms with Crippen LogP contribution in [0.15, 0.2) is 124 Å². The van der Waals surface area contributed by atoms with E-state index < -0.39 is 22.7 Å². The van der Waals surface area contributed by atoms with Gasteiger partial charge in [0.2, 0.25) is 0 Å². The van der Waals surface area contributed by atoms with Crippen molar-refractivity contribution in [2.75, 3.05) is 33.0 Å². The van der Waals surface area contributed by atoms with Gasteiger partial charge in [0.05, 0.1) is 45.7 Å². The average molecular weight is 1670 g/mol. The molecule has 0 bridgehead atoms. The Labute approximate surface area is 675 Å². The fourth-order valence-corrected chi connectivity index (χ4v) is 14.9. The van der Waals surface area contributed by atoms with E-state index in [2.05, 4.69) is 135 Å². The number of halogens is 5. The van der Waals surface area contributed by atoms with Gasteiger partial charge in [-0.25, -0.2) is 29.7 Å². The first kappa shape index (κ1) is 95.4. The second-order valence-corrected chi connectivity index (χ2v) is 43.7. The number of aliphatic hydroxyl groups is 1. The molecule has 103 heavy (non-hydrogen) atoms. The number of hydrogen-bond donors (Lipinski definition) is 1. The number of thiazole rings is 5. The Morgan fingerprint density at radius 1 is 0.583 bits per heavy atom. The molecule has 3 atom stereocenters. The van der Waals surface area contributed by atoms with Crippen molar-refractivity contribution in [1.82, 2.24) is 24.9 Å². The maximum atomic E-state index is 11.1. The molecular weight excluding hydrogens is 1570 g/mol. The van der Waals surface area contributed by atoms with Crippen LogP contribution >= 0.6 is 119 Å². The Balaban J connectivity index is 0.000000417. The number of nitrogens with zero attached hydrogens (tertiary/aromatic N) is 5. The summed E-state index contributed by atoms with van der Waals surface area (Å²) >= 11 is 34.7. The van der Waals surface area contributed by atoms with E-state index in [1.807, 2.05) is 112 Å². The SMILES string of the molecule is C1CCOC1.C1CCOC1.CCOC(=O)c1ncsc1C.Cc1sc(C=O)nc1C(O[Si](C)(C)C(C)(C)C)c1cccc(Cl)c1.Cc1scnc1C(O)c1cccc(Cl)c1.Cc1scnc1C(O[Si](C)(C)C(C)(C)C)c1cccc(Cl)c1.Cc1scnc1C=O.Clc1cccc(Br)c1.[CH2-]CCC.[Li+]. The molecule has 0 aliphatic carbocycles. The summed E-state index contributed by atoms with van der Waals surface area (Å²) in [5.74, 6) is -0.328.